The van der Waals surface area contributed by atoms with E-state index in [-0.39, 0.29) is 11.4 Å². The maximum Gasteiger partial charge on any atom is 0.246 e. The van der Waals surface area contributed by atoms with Gasteiger partial charge in [-0.25, -0.2) is 8.42 Å². The van der Waals surface area contributed by atoms with Gasteiger partial charge in [-0.15, -0.1) is 6.42 Å². The number of nitrogens with two attached hydrogens (primary N) is 1. The summed E-state index contributed by atoms with van der Waals surface area (Å²) in [6.07, 6.45) is 6.76. The van der Waals surface area contributed by atoms with E-state index >= 15 is 0 Å². The Hall–Kier alpha value is -2.10. The number of terminal acetylenes is 1. The zero-order chi connectivity index (χ0) is 14.8. The van der Waals surface area contributed by atoms with Crippen LogP contribution in [0.1, 0.15) is 6.92 Å². The highest BCUT2D eigenvalue weighted by Gasteiger charge is 2.25. The average molecular weight is 289 g/mol. The van der Waals surface area contributed by atoms with Crippen LogP contribution < -0.4 is 5.73 Å². The third-order valence-corrected chi connectivity index (χ3v) is 4.96. The summed E-state index contributed by atoms with van der Waals surface area (Å²) in [4.78, 5) is 4.27. The molecule has 0 fully saturated rings. The predicted octanol–water partition coefficient (Wildman–Crippen LogP) is 1.46. The molecule has 0 saturated heterocycles. The first-order valence-corrected chi connectivity index (χ1v) is 7.53. The van der Waals surface area contributed by atoms with E-state index in [1.807, 2.05) is 0 Å². The van der Waals surface area contributed by atoms with Crippen molar-refractivity contribution in [1.29, 1.82) is 0 Å². The first kappa shape index (κ1) is 14.3. The van der Waals surface area contributed by atoms with Crippen LogP contribution >= 0.6 is 0 Å². The molecule has 0 aliphatic rings. The molecule has 1 heterocycles. The van der Waals surface area contributed by atoms with Crippen LogP contribution in [0.15, 0.2) is 35.4 Å². The SMILES string of the molecule is C#CCN(CC)S(=O)(=O)c1ccc(N)c2cccnc12. The number of hydrogen-bond acceptors (Lipinski definition) is 4. The van der Waals surface area contributed by atoms with Crippen LogP contribution in [-0.2, 0) is 10.0 Å². The van der Waals surface area contributed by atoms with Gasteiger partial charge in [-0.3, -0.25) is 4.98 Å². The minimum atomic E-state index is -3.68. The molecule has 0 spiro atoms. The molecule has 1 aromatic carbocycles. The minimum Gasteiger partial charge on any atom is -0.398 e. The fourth-order valence-corrected chi connectivity index (χ4v) is 3.49. The molecule has 6 heteroatoms. The summed E-state index contributed by atoms with van der Waals surface area (Å²) in [5.41, 5.74) is 6.71. The van der Waals surface area contributed by atoms with Crippen molar-refractivity contribution in [2.75, 3.05) is 18.8 Å². The third kappa shape index (κ3) is 2.33. The molecule has 0 aliphatic carbocycles. The van der Waals surface area contributed by atoms with E-state index in [1.54, 1.807) is 25.1 Å². The van der Waals surface area contributed by atoms with E-state index < -0.39 is 10.0 Å². The Kier molecular flexibility index (Phi) is 3.93. The summed E-state index contributed by atoms with van der Waals surface area (Å²) in [6, 6.07) is 6.50. The summed E-state index contributed by atoms with van der Waals surface area (Å²) >= 11 is 0. The first-order valence-electron chi connectivity index (χ1n) is 6.09. The van der Waals surface area contributed by atoms with Crippen molar-refractivity contribution >= 4 is 26.6 Å². The second-order valence-corrected chi connectivity index (χ2v) is 6.09. The summed E-state index contributed by atoms with van der Waals surface area (Å²) in [6.45, 7) is 2.06. The Balaban J connectivity index is 2.70. The standard InChI is InChI=1S/C14H15N3O2S/c1-3-10-17(4-2)20(18,19)13-8-7-12(15)11-6-5-9-16-14(11)13/h1,5-9H,4,10,15H2,2H3. The van der Waals surface area contributed by atoms with Crippen molar-refractivity contribution < 1.29 is 8.42 Å². The molecule has 2 N–H and O–H groups in total. The highest BCUT2D eigenvalue weighted by Crippen LogP contribution is 2.27. The molecule has 0 atom stereocenters. The van der Waals surface area contributed by atoms with Gasteiger partial charge in [0.05, 0.1) is 12.1 Å². The zero-order valence-electron chi connectivity index (χ0n) is 11.1. The van der Waals surface area contributed by atoms with Crippen molar-refractivity contribution in [3.8, 4) is 12.3 Å². The average Bonchev–Trinajstić information content (AvgIpc) is 2.45. The number of anilines is 1. The highest BCUT2D eigenvalue weighted by molar-refractivity contribution is 7.89. The van der Waals surface area contributed by atoms with Crippen molar-refractivity contribution in [1.82, 2.24) is 9.29 Å². The number of nitrogen functional groups attached to an aromatic ring is 1. The predicted molar refractivity (Wildman–Crippen MR) is 79.4 cm³/mol. The van der Waals surface area contributed by atoms with E-state index in [4.69, 9.17) is 12.2 Å². The number of sulfonamides is 1. The fraction of sp³-hybridized carbons (Fsp3) is 0.214. The van der Waals surface area contributed by atoms with Gasteiger partial charge in [-0.1, -0.05) is 12.8 Å². The Morgan fingerprint density at radius 2 is 2.15 bits per heavy atom. The van der Waals surface area contributed by atoms with Gasteiger partial charge in [0.15, 0.2) is 0 Å². The third-order valence-electron chi connectivity index (χ3n) is 3.00. The van der Waals surface area contributed by atoms with Gasteiger partial charge in [-0.2, -0.15) is 4.31 Å². The summed E-state index contributed by atoms with van der Waals surface area (Å²) in [5, 5.41) is 0.616. The lowest BCUT2D eigenvalue weighted by molar-refractivity contribution is 0.464. The molecule has 0 aliphatic heterocycles. The van der Waals surface area contributed by atoms with Crippen molar-refractivity contribution in [3.63, 3.8) is 0 Å². The summed E-state index contributed by atoms with van der Waals surface area (Å²) in [5.74, 6) is 2.36. The molecule has 0 bridgehead atoms. The topological polar surface area (TPSA) is 76.3 Å². The molecule has 0 radical (unpaired) electrons. The highest BCUT2D eigenvalue weighted by atomic mass is 32.2. The Labute approximate surface area is 118 Å². The van der Waals surface area contributed by atoms with E-state index in [2.05, 4.69) is 10.9 Å². The number of rotatable bonds is 4. The van der Waals surface area contributed by atoms with Crippen molar-refractivity contribution in [2.24, 2.45) is 0 Å². The molecular weight excluding hydrogens is 274 g/mol. The van der Waals surface area contributed by atoms with Gasteiger partial charge in [-0.05, 0) is 24.3 Å². The van der Waals surface area contributed by atoms with Crippen LogP contribution in [0.25, 0.3) is 10.9 Å². The number of pyridine rings is 1. The normalized spacial score (nSPS) is 11.7. The Bertz CT molecular complexity index is 779. The van der Waals surface area contributed by atoms with Crippen LogP contribution in [0.2, 0.25) is 0 Å². The minimum absolute atomic E-state index is 0.0253. The zero-order valence-corrected chi connectivity index (χ0v) is 11.9. The second-order valence-electron chi connectivity index (χ2n) is 4.19. The molecule has 104 valence electrons. The largest absolute Gasteiger partial charge is 0.398 e. The van der Waals surface area contributed by atoms with Crippen LogP contribution in [0.5, 0.6) is 0 Å². The second kappa shape index (κ2) is 5.49. The van der Waals surface area contributed by atoms with E-state index in [9.17, 15) is 8.42 Å². The lowest BCUT2D eigenvalue weighted by Gasteiger charge is -2.19. The molecule has 20 heavy (non-hydrogen) atoms. The number of benzene rings is 1. The molecule has 0 amide bonds. The van der Waals surface area contributed by atoms with Gasteiger partial charge < -0.3 is 5.73 Å². The molecule has 2 rings (SSSR count). The molecular formula is C14H15N3O2S. The summed E-state index contributed by atoms with van der Waals surface area (Å²) in [7, 11) is -3.68. The maximum absolute atomic E-state index is 12.6. The Morgan fingerprint density at radius 3 is 2.80 bits per heavy atom. The quantitative estimate of drug-likeness (QED) is 0.683. The number of hydrogen-bond donors (Lipinski definition) is 1. The van der Waals surface area contributed by atoms with Gasteiger partial charge in [0, 0.05) is 23.8 Å². The number of aromatic nitrogens is 1. The van der Waals surface area contributed by atoms with Crippen LogP contribution in [0.3, 0.4) is 0 Å². The molecule has 0 unspecified atom stereocenters. The van der Waals surface area contributed by atoms with E-state index in [0.717, 1.165) is 0 Å². The van der Waals surface area contributed by atoms with E-state index in [1.165, 1.54) is 16.6 Å². The lowest BCUT2D eigenvalue weighted by atomic mass is 10.2. The molecule has 0 saturated carbocycles. The fourth-order valence-electron chi connectivity index (χ4n) is 1.98. The van der Waals surface area contributed by atoms with Crippen molar-refractivity contribution in [2.45, 2.75) is 11.8 Å². The van der Waals surface area contributed by atoms with Gasteiger partial charge in [0.1, 0.15) is 4.90 Å². The van der Waals surface area contributed by atoms with Gasteiger partial charge in [0.25, 0.3) is 0 Å². The number of fused-ring (bicyclic) bond motifs is 1. The molecule has 2 aromatic rings. The van der Waals surface area contributed by atoms with E-state index in [0.29, 0.717) is 23.1 Å². The van der Waals surface area contributed by atoms with Gasteiger partial charge >= 0.3 is 0 Å². The van der Waals surface area contributed by atoms with Crippen LogP contribution in [0.4, 0.5) is 5.69 Å². The summed E-state index contributed by atoms with van der Waals surface area (Å²) < 4.78 is 26.5. The molecule has 1 aromatic heterocycles. The smallest absolute Gasteiger partial charge is 0.246 e. The van der Waals surface area contributed by atoms with Crippen LogP contribution in [-0.4, -0.2) is 30.8 Å². The van der Waals surface area contributed by atoms with Crippen LogP contribution in [0, 0.1) is 12.3 Å². The maximum atomic E-state index is 12.6. The number of nitrogens with zero attached hydrogens (tertiary/aromatic N) is 2. The van der Waals surface area contributed by atoms with Gasteiger partial charge in [0.2, 0.25) is 10.0 Å². The first-order chi connectivity index (χ1) is 9.52. The monoisotopic (exact) mass is 289 g/mol. The Morgan fingerprint density at radius 1 is 1.40 bits per heavy atom. The van der Waals surface area contributed by atoms with Crippen molar-refractivity contribution in [3.05, 3.63) is 30.5 Å². The lowest BCUT2D eigenvalue weighted by Crippen LogP contribution is -2.31. The molecule has 5 nitrogen and oxygen atoms in total.